The van der Waals surface area contributed by atoms with E-state index in [4.69, 9.17) is 13.9 Å². The predicted octanol–water partition coefficient (Wildman–Crippen LogP) is 3.18. The van der Waals surface area contributed by atoms with Crippen LogP contribution >= 0.6 is 0 Å². The predicted molar refractivity (Wildman–Crippen MR) is 92.2 cm³/mol. The highest BCUT2D eigenvalue weighted by Gasteiger charge is 2.70. The summed E-state index contributed by atoms with van der Waals surface area (Å²) in [6, 6.07) is 1.90. The van der Waals surface area contributed by atoms with Crippen LogP contribution in [0, 0.1) is 17.3 Å². The molecule has 1 aromatic rings. The van der Waals surface area contributed by atoms with E-state index in [1.165, 1.54) is 0 Å². The van der Waals surface area contributed by atoms with Crippen LogP contribution < -0.4 is 0 Å². The maximum absolute atomic E-state index is 13.4. The van der Waals surface area contributed by atoms with Crippen molar-refractivity contribution in [2.75, 3.05) is 7.11 Å². The lowest BCUT2D eigenvalue weighted by molar-refractivity contribution is -0.150. The zero-order valence-electron chi connectivity index (χ0n) is 15.2. The fraction of sp³-hybridized carbons (Fsp3) is 0.524. The maximum atomic E-state index is 13.4. The highest BCUT2D eigenvalue weighted by molar-refractivity contribution is 6.09. The topological polar surface area (TPSA) is 65.7 Å². The first-order valence-corrected chi connectivity index (χ1v) is 9.23. The van der Waals surface area contributed by atoms with E-state index in [-0.39, 0.29) is 35.6 Å². The van der Waals surface area contributed by atoms with Crippen LogP contribution in [0.15, 0.2) is 45.8 Å². The monoisotopic (exact) mass is 354 g/mol. The van der Waals surface area contributed by atoms with Crippen molar-refractivity contribution in [2.24, 2.45) is 17.3 Å². The van der Waals surface area contributed by atoms with Crippen molar-refractivity contribution in [2.45, 2.75) is 44.8 Å². The van der Waals surface area contributed by atoms with Gasteiger partial charge in [0.05, 0.1) is 12.5 Å². The number of carbonyl (C=O) groups is 2. The number of hydrogen-bond donors (Lipinski definition) is 0. The number of carbonyl (C=O) groups excluding carboxylic acids is 2. The fourth-order valence-electron chi connectivity index (χ4n) is 5.98. The van der Waals surface area contributed by atoms with Crippen molar-refractivity contribution in [3.05, 3.63) is 47.0 Å². The number of Topliss-reactive ketones (excluding diaryl/α,β-unsaturated/α-hetero) is 1. The molecule has 0 N–H and O–H groups in total. The molecule has 26 heavy (non-hydrogen) atoms. The highest BCUT2D eigenvalue weighted by atomic mass is 16.6. The molecule has 4 aliphatic rings. The Kier molecular flexibility index (Phi) is 3.21. The summed E-state index contributed by atoms with van der Waals surface area (Å²) in [7, 11) is 1.64. The molecule has 5 nitrogen and oxygen atoms in total. The lowest BCUT2D eigenvalue weighted by atomic mass is 9.56. The summed E-state index contributed by atoms with van der Waals surface area (Å²) in [5, 5.41) is 0. The average Bonchev–Trinajstić information content (AvgIpc) is 3.28. The van der Waals surface area contributed by atoms with Crippen LogP contribution in [0.5, 0.6) is 0 Å². The number of ketones is 1. The molecule has 2 bridgehead atoms. The van der Waals surface area contributed by atoms with Crippen LogP contribution in [-0.2, 0) is 19.1 Å². The van der Waals surface area contributed by atoms with Gasteiger partial charge in [0, 0.05) is 30.4 Å². The van der Waals surface area contributed by atoms with Gasteiger partial charge in [0.25, 0.3) is 0 Å². The molecule has 2 heterocycles. The van der Waals surface area contributed by atoms with Gasteiger partial charge in [-0.05, 0) is 37.0 Å². The van der Waals surface area contributed by atoms with Crippen molar-refractivity contribution in [3.63, 3.8) is 0 Å². The molecule has 3 aliphatic carbocycles. The third kappa shape index (κ3) is 1.65. The van der Waals surface area contributed by atoms with Crippen LogP contribution in [0.4, 0.5) is 0 Å². The van der Waals surface area contributed by atoms with Crippen molar-refractivity contribution in [3.8, 4) is 0 Å². The van der Waals surface area contributed by atoms with Gasteiger partial charge in [0.1, 0.15) is 17.6 Å². The summed E-state index contributed by atoms with van der Waals surface area (Å²) in [5.74, 6) is -0.650. The zero-order valence-corrected chi connectivity index (χ0v) is 15.2. The minimum absolute atomic E-state index is 0.0604. The van der Waals surface area contributed by atoms with E-state index in [1.54, 1.807) is 19.6 Å². The van der Waals surface area contributed by atoms with E-state index in [1.807, 2.05) is 19.9 Å². The van der Waals surface area contributed by atoms with Gasteiger partial charge < -0.3 is 13.9 Å². The first kappa shape index (κ1) is 16.1. The van der Waals surface area contributed by atoms with E-state index >= 15 is 0 Å². The molecule has 5 heteroatoms. The first-order chi connectivity index (χ1) is 12.5. The minimum Gasteiger partial charge on any atom is -0.472 e. The molecule has 1 saturated heterocycles. The highest BCUT2D eigenvalue weighted by Crippen LogP contribution is 2.64. The quantitative estimate of drug-likeness (QED) is 0.603. The van der Waals surface area contributed by atoms with Crippen molar-refractivity contribution >= 4 is 11.8 Å². The SMILES string of the molecule is COC1C2=C(C(=O)C(C)C2c2ccoc2)C23CCC=C(C)C2C1OC3=O. The van der Waals surface area contributed by atoms with E-state index in [9.17, 15) is 9.59 Å². The Morgan fingerprint density at radius 2 is 2.12 bits per heavy atom. The number of rotatable bonds is 2. The van der Waals surface area contributed by atoms with E-state index in [0.29, 0.717) is 12.0 Å². The molecule has 0 radical (unpaired) electrons. The number of ether oxygens (including phenoxy) is 2. The summed E-state index contributed by atoms with van der Waals surface area (Å²) in [4.78, 5) is 26.5. The molecule has 1 fully saturated rings. The second-order valence-corrected chi connectivity index (χ2v) is 7.98. The van der Waals surface area contributed by atoms with E-state index < -0.39 is 11.5 Å². The molecule has 1 aliphatic heterocycles. The molecule has 0 spiro atoms. The molecule has 0 saturated carbocycles. The number of allylic oxidation sites excluding steroid dienone is 1. The van der Waals surface area contributed by atoms with Gasteiger partial charge in [-0.25, -0.2) is 0 Å². The van der Waals surface area contributed by atoms with Gasteiger partial charge in [-0.1, -0.05) is 18.6 Å². The number of hydrogen-bond acceptors (Lipinski definition) is 5. The van der Waals surface area contributed by atoms with Crippen LogP contribution in [0.25, 0.3) is 0 Å². The summed E-state index contributed by atoms with van der Waals surface area (Å²) in [5.41, 5.74) is 2.86. The minimum atomic E-state index is -0.836. The fourth-order valence-corrected chi connectivity index (χ4v) is 5.98. The average molecular weight is 354 g/mol. The normalized spacial score (nSPS) is 41.0. The first-order valence-electron chi connectivity index (χ1n) is 9.23. The lowest BCUT2D eigenvalue weighted by Gasteiger charge is -2.43. The molecule has 5 rings (SSSR count). The van der Waals surface area contributed by atoms with Crippen LogP contribution in [-0.4, -0.2) is 31.1 Å². The molecule has 0 aromatic carbocycles. The Morgan fingerprint density at radius 1 is 1.31 bits per heavy atom. The Morgan fingerprint density at radius 3 is 2.81 bits per heavy atom. The number of esters is 1. The van der Waals surface area contributed by atoms with Gasteiger partial charge in [0.15, 0.2) is 5.78 Å². The van der Waals surface area contributed by atoms with Crippen LogP contribution in [0.2, 0.25) is 0 Å². The number of furan rings is 1. The van der Waals surface area contributed by atoms with Crippen molar-refractivity contribution < 1.29 is 23.5 Å². The van der Waals surface area contributed by atoms with Crippen LogP contribution in [0.1, 0.15) is 38.2 Å². The smallest absolute Gasteiger partial charge is 0.317 e. The number of methoxy groups -OCH3 is 1. The zero-order chi connectivity index (χ0) is 18.2. The van der Waals surface area contributed by atoms with Gasteiger partial charge in [-0.15, -0.1) is 0 Å². The Hall–Kier alpha value is -2.14. The van der Waals surface area contributed by atoms with Crippen molar-refractivity contribution in [1.29, 1.82) is 0 Å². The molecule has 6 atom stereocenters. The molecule has 1 aromatic heterocycles. The lowest BCUT2D eigenvalue weighted by Crippen LogP contribution is -2.49. The Balaban J connectivity index is 1.80. The maximum Gasteiger partial charge on any atom is 0.317 e. The summed E-state index contributed by atoms with van der Waals surface area (Å²) in [6.45, 7) is 3.99. The second-order valence-electron chi connectivity index (χ2n) is 7.98. The molecule has 0 amide bonds. The van der Waals surface area contributed by atoms with E-state index in [0.717, 1.165) is 23.1 Å². The van der Waals surface area contributed by atoms with Gasteiger partial charge >= 0.3 is 5.97 Å². The molecular formula is C21H22O5. The van der Waals surface area contributed by atoms with Gasteiger partial charge in [0.2, 0.25) is 0 Å². The Bertz CT molecular complexity index is 861. The standard InChI is InChI=1S/C21H22O5/c1-10-5-4-7-21-15(10)19(26-20(21)23)18(24-3)14-13(12-6-8-25-9-12)11(2)17(22)16(14)21/h5-6,8-9,11,13,15,18-19H,4,7H2,1-3H3. The van der Waals surface area contributed by atoms with E-state index in [2.05, 4.69) is 6.08 Å². The van der Waals surface area contributed by atoms with Crippen molar-refractivity contribution in [1.82, 2.24) is 0 Å². The summed E-state index contributed by atoms with van der Waals surface area (Å²) < 4.78 is 17.0. The van der Waals surface area contributed by atoms with Crippen LogP contribution in [0.3, 0.4) is 0 Å². The van der Waals surface area contributed by atoms with Gasteiger partial charge in [-0.3, -0.25) is 9.59 Å². The molecular weight excluding hydrogens is 332 g/mol. The third-order valence-electron chi connectivity index (χ3n) is 6.95. The summed E-state index contributed by atoms with van der Waals surface area (Å²) >= 11 is 0. The largest absolute Gasteiger partial charge is 0.472 e. The second kappa shape index (κ2) is 5.19. The summed E-state index contributed by atoms with van der Waals surface area (Å²) in [6.07, 6.45) is 6.15. The third-order valence-corrected chi connectivity index (χ3v) is 6.95. The molecule has 6 unspecified atom stereocenters. The Labute approximate surface area is 152 Å². The molecule has 136 valence electrons. The van der Waals surface area contributed by atoms with Gasteiger partial charge in [-0.2, -0.15) is 0 Å².